The SMILES string of the molecule is NCc1ccc(OCC(=O)NC2CCOC2)cc1. The Morgan fingerprint density at radius 2 is 2.22 bits per heavy atom. The zero-order chi connectivity index (χ0) is 12.8. The van der Waals surface area contributed by atoms with Gasteiger partial charge in [0.15, 0.2) is 6.61 Å². The fraction of sp³-hybridized carbons (Fsp3) is 0.462. The smallest absolute Gasteiger partial charge is 0.258 e. The van der Waals surface area contributed by atoms with Crippen LogP contribution in [0.3, 0.4) is 0 Å². The van der Waals surface area contributed by atoms with Crippen LogP contribution in [0.25, 0.3) is 0 Å². The topological polar surface area (TPSA) is 73.6 Å². The second kappa shape index (κ2) is 6.37. The van der Waals surface area contributed by atoms with Crippen molar-refractivity contribution >= 4 is 5.91 Å². The largest absolute Gasteiger partial charge is 0.484 e. The first-order chi connectivity index (χ1) is 8.78. The third-order valence-electron chi connectivity index (χ3n) is 2.82. The van der Waals surface area contributed by atoms with Crippen molar-refractivity contribution in [2.75, 3.05) is 19.8 Å². The van der Waals surface area contributed by atoms with E-state index >= 15 is 0 Å². The molecule has 3 N–H and O–H groups in total. The zero-order valence-electron chi connectivity index (χ0n) is 10.2. The highest BCUT2D eigenvalue weighted by Crippen LogP contribution is 2.11. The Morgan fingerprint density at radius 1 is 1.44 bits per heavy atom. The second-order valence-corrected chi connectivity index (χ2v) is 4.26. The summed E-state index contributed by atoms with van der Waals surface area (Å²) >= 11 is 0. The van der Waals surface area contributed by atoms with Crippen molar-refractivity contribution in [1.82, 2.24) is 5.32 Å². The normalized spacial score (nSPS) is 18.6. The number of carbonyl (C=O) groups excluding carboxylic acids is 1. The molecule has 0 spiro atoms. The molecule has 18 heavy (non-hydrogen) atoms. The van der Waals surface area contributed by atoms with Gasteiger partial charge in [-0.2, -0.15) is 0 Å². The average Bonchev–Trinajstić information content (AvgIpc) is 2.90. The highest BCUT2D eigenvalue weighted by Gasteiger charge is 2.17. The van der Waals surface area contributed by atoms with Gasteiger partial charge in [-0.15, -0.1) is 0 Å². The number of ether oxygens (including phenoxy) is 2. The van der Waals surface area contributed by atoms with E-state index in [1.165, 1.54) is 0 Å². The van der Waals surface area contributed by atoms with Crippen molar-refractivity contribution in [1.29, 1.82) is 0 Å². The van der Waals surface area contributed by atoms with Crippen LogP contribution in [0.2, 0.25) is 0 Å². The van der Waals surface area contributed by atoms with Crippen LogP contribution >= 0.6 is 0 Å². The van der Waals surface area contributed by atoms with Crippen molar-refractivity contribution in [2.24, 2.45) is 5.73 Å². The number of nitrogens with two attached hydrogens (primary N) is 1. The molecule has 1 saturated heterocycles. The fourth-order valence-corrected chi connectivity index (χ4v) is 1.79. The van der Waals surface area contributed by atoms with E-state index in [2.05, 4.69) is 5.32 Å². The standard InChI is InChI=1S/C13H18N2O3/c14-7-10-1-3-12(4-2-10)18-9-13(16)15-11-5-6-17-8-11/h1-4,11H,5-9,14H2,(H,15,16). The summed E-state index contributed by atoms with van der Waals surface area (Å²) in [6.45, 7) is 1.84. The Morgan fingerprint density at radius 3 is 2.83 bits per heavy atom. The monoisotopic (exact) mass is 250 g/mol. The molecule has 0 radical (unpaired) electrons. The molecule has 5 nitrogen and oxygen atoms in total. The van der Waals surface area contributed by atoms with E-state index in [4.69, 9.17) is 15.2 Å². The number of carbonyl (C=O) groups is 1. The van der Waals surface area contributed by atoms with Crippen LogP contribution in [0.5, 0.6) is 5.75 Å². The summed E-state index contributed by atoms with van der Waals surface area (Å²) in [5.74, 6) is 0.554. The van der Waals surface area contributed by atoms with E-state index in [0.717, 1.165) is 12.0 Å². The molecule has 1 aliphatic rings. The Hall–Kier alpha value is -1.59. The van der Waals surface area contributed by atoms with Gasteiger partial charge in [-0.3, -0.25) is 4.79 Å². The van der Waals surface area contributed by atoms with Crippen molar-refractivity contribution in [3.8, 4) is 5.75 Å². The maximum Gasteiger partial charge on any atom is 0.258 e. The minimum absolute atomic E-state index is 0.0263. The molecule has 1 unspecified atom stereocenters. The van der Waals surface area contributed by atoms with Gasteiger partial charge in [0, 0.05) is 13.2 Å². The van der Waals surface area contributed by atoms with Crippen molar-refractivity contribution in [3.05, 3.63) is 29.8 Å². The summed E-state index contributed by atoms with van der Waals surface area (Å²) < 4.78 is 10.6. The van der Waals surface area contributed by atoms with Crippen LogP contribution in [-0.4, -0.2) is 31.8 Å². The predicted molar refractivity (Wildman–Crippen MR) is 67.2 cm³/mol. The van der Waals surface area contributed by atoms with Gasteiger partial charge in [0.2, 0.25) is 0 Å². The molecule has 1 amide bonds. The summed E-state index contributed by atoms with van der Waals surface area (Å²) in [6, 6.07) is 7.53. The van der Waals surface area contributed by atoms with E-state index in [1.807, 2.05) is 24.3 Å². The van der Waals surface area contributed by atoms with Crippen molar-refractivity contribution in [3.63, 3.8) is 0 Å². The molecule has 2 rings (SSSR count). The van der Waals surface area contributed by atoms with Gasteiger partial charge < -0.3 is 20.5 Å². The predicted octanol–water partition coefficient (Wildman–Crippen LogP) is 0.429. The van der Waals surface area contributed by atoms with Gasteiger partial charge in [-0.1, -0.05) is 12.1 Å². The maximum absolute atomic E-state index is 11.6. The van der Waals surface area contributed by atoms with Gasteiger partial charge in [0.05, 0.1) is 12.6 Å². The molecule has 1 heterocycles. The minimum Gasteiger partial charge on any atom is -0.484 e. The first kappa shape index (κ1) is 12.9. The molecule has 1 atom stereocenters. The molecule has 5 heteroatoms. The third kappa shape index (κ3) is 3.72. The van der Waals surface area contributed by atoms with Gasteiger partial charge >= 0.3 is 0 Å². The van der Waals surface area contributed by atoms with Crippen molar-refractivity contribution in [2.45, 2.75) is 19.0 Å². The molecular weight excluding hydrogens is 232 g/mol. The lowest BCUT2D eigenvalue weighted by molar-refractivity contribution is -0.123. The number of hydrogen-bond acceptors (Lipinski definition) is 4. The van der Waals surface area contributed by atoms with E-state index in [9.17, 15) is 4.79 Å². The highest BCUT2D eigenvalue weighted by atomic mass is 16.5. The molecule has 0 saturated carbocycles. The van der Waals surface area contributed by atoms with Crippen LogP contribution in [0.15, 0.2) is 24.3 Å². The van der Waals surface area contributed by atoms with E-state index in [1.54, 1.807) is 0 Å². The molecule has 0 aromatic heterocycles. The summed E-state index contributed by atoms with van der Waals surface area (Å²) in [6.07, 6.45) is 0.872. The highest BCUT2D eigenvalue weighted by molar-refractivity contribution is 5.77. The van der Waals surface area contributed by atoms with Gasteiger partial charge in [0.1, 0.15) is 5.75 Å². The summed E-state index contributed by atoms with van der Waals surface area (Å²) in [7, 11) is 0. The van der Waals surface area contributed by atoms with Crippen LogP contribution in [0, 0.1) is 0 Å². The quantitative estimate of drug-likeness (QED) is 0.794. The van der Waals surface area contributed by atoms with Crippen molar-refractivity contribution < 1.29 is 14.3 Å². The molecule has 0 bridgehead atoms. The summed E-state index contributed by atoms with van der Waals surface area (Å²) in [5.41, 5.74) is 6.53. The van der Waals surface area contributed by atoms with Crippen LogP contribution < -0.4 is 15.8 Å². The average molecular weight is 250 g/mol. The van der Waals surface area contributed by atoms with Gasteiger partial charge in [-0.05, 0) is 24.1 Å². The number of hydrogen-bond donors (Lipinski definition) is 2. The Labute approximate surface area is 106 Å². The molecule has 1 fully saturated rings. The summed E-state index contributed by atoms with van der Waals surface area (Å²) in [5, 5.41) is 2.86. The van der Waals surface area contributed by atoms with Crippen LogP contribution in [-0.2, 0) is 16.1 Å². The molecule has 1 aliphatic heterocycles. The third-order valence-corrected chi connectivity index (χ3v) is 2.82. The van der Waals surface area contributed by atoms with E-state index in [-0.39, 0.29) is 18.6 Å². The Bertz CT molecular complexity index is 386. The molecule has 0 aliphatic carbocycles. The molecular formula is C13H18N2O3. The number of amides is 1. The Balaban J connectivity index is 1.74. The van der Waals surface area contributed by atoms with Gasteiger partial charge in [-0.25, -0.2) is 0 Å². The van der Waals surface area contributed by atoms with Crippen LogP contribution in [0.4, 0.5) is 0 Å². The zero-order valence-corrected chi connectivity index (χ0v) is 10.2. The number of nitrogens with one attached hydrogen (secondary N) is 1. The Kier molecular flexibility index (Phi) is 4.55. The number of benzene rings is 1. The fourth-order valence-electron chi connectivity index (χ4n) is 1.79. The maximum atomic E-state index is 11.6. The lowest BCUT2D eigenvalue weighted by atomic mass is 10.2. The second-order valence-electron chi connectivity index (χ2n) is 4.26. The molecule has 1 aromatic carbocycles. The lowest BCUT2D eigenvalue weighted by Gasteiger charge is -2.11. The lowest BCUT2D eigenvalue weighted by Crippen LogP contribution is -2.38. The summed E-state index contributed by atoms with van der Waals surface area (Å²) in [4.78, 5) is 11.6. The first-order valence-corrected chi connectivity index (χ1v) is 6.07. The van der Waals surface area contributed by atoms with E-state index in [0.29, 0.717) is 25.5 Å². The number of rotatable bonds is 5. The first-order valence-electron chi connectivity index (χ1n) is 6.07. The van der Waals surface area contributed by atoms with Gasteiger partial charge in [0.25, 0.3) is 5.91 Å². The van der Waals surface area contributed by atoms with Crippen LogP contribution in [0.1, 0.15) is 12.0 Å². The van der Waals surface area contributed by atoms with E-state index < -0.39 is 0 Å². The molecule has 98 valence electrons. The molecule has 1 aromatic rings. The minimum atomic E-state index is -0.117.